The molecule has 0 amide bonds. The zero-order chi connectivity index (χ0) is 13.1. The summed E-state index contributed by atoms with van der Waals surface area (Å²) < 4.78 is 58.2. The predicted octanol–water partition coefficient (Wildman–Crippen LogP) is 3.29. The highest BCUT2D eigenvalue weighted by Gasteiger charge is 2.30. The van der Waals surface area contributed by atoms with Gasteiger partial charge in [-0.3, -0.25) is 0 Å². The van der Waals surface area contributed by atoms with Gasteiger partial charge in [-0.2, -0.15) is 13.2 Å². The molecule has 0 saturated carbocycles. The van der Waals surface area contributed by atoms with Crippen molar-refractivity contribution in [3.8, 4) is 0 Å². The van der Waals surface area contributed by atoms with E-state index in [1.165, 1.54) is 24.3 Å². The van der Waals surface area contributed by atoms with E-state index in [0.29, 0.717) is 0 Å². The monoisotopic (exact) mass is 284 g/mol. The molecule has 7 heteroatoms. The van der Waals surface area contributed by atoms with Crippen LogP contribution >= 0.6 is 10.7 Å². The van der Waals surface area contributed by atoms with Crippen LogP contribution in [0.15, 0.2) is 30.3 Å². The summed E-state index contributed by atoms with van der Waals surface area (Å²) in [5, 5.41) is 0. The van der Waals surface area contributed by atoms with Gasteiger partial charge in [0.05, 0.1) is 11.3 Å². The zero-order valence-electron chi connectivity index (χ0n) is 8.41. The molecule has 1 aromatic carbocycles. The lowest BCUT2D eigenvalue weighted by Gasteiger charge is -2.06. The third kappa shape index (κ3) is 5.23. The van der Waals surface area contributed by atoms with Crippen LogP contribution in [0.1, 0.15) is 11.1 Å². The second kappa shape index (κ2) is 5.10. The van der Waals surface area contributed by atoms with Gasteiger partial charge in [0.1, 0.15) is 0 Å². The molecule has 1 aromatic rings. The molecule has 0 aromatic heterocycles. The number of hydrogen-bond donors (Lipinski definition) is 0. The molecule has 0 aliphatic carbocycles. The fourth-order valence-corrected chi connectivity index (χ4v) is 1.66. The van der Waals surface area contributed by atoms with Crippen molar-refractivity contribution < 1.29 is 21.6 Å². The molecular weight excluding hydrogens is 277 g/mol. The lowest BCUT2D eigenvalue weighted by molar-refractivity contribution is -0.137. The fraction of sp³-hybridized carbons (Fsp3) is 0.200. The van der Waals surface area contributed by atoms with Gasteiger partial charge in [0.25, 0.3) is 0 Å². The van der Waals surface area contributed by atoms with Gasteiger partial charge in [-0.25, -0.2) is 8.42 Å². The molecule has 0 N–H and O–H groups in total. The molecule has 0 heterocycles. The number of alkyl halides is 3. The summed E-state index contributed by atoms with van der Waals surface area (Å²) in [5.41, 5.74) is -0.520. The van der Waals surface area contributed by atoms with Crippen molar-refractivity contribution in [2.24, 2.45) is 0 Å². The smallest absolute Gasteiger partial charge is 0.212 e. The van der Waals surface area contributed by atoms with E-state index < -0.39 is 26.5 Å². The number of hydrogen-bond acceptors (Lipinski definition) is 2. The molecule has 94 valence electrons. The van der Waals surface area contributed by atoms with E-state index in [-0.39, 0.29) is 5.56 Å². The van der Waals surface area contributed by atoms with Crippen molar-refractivity contribution in [3.05, 3.63) is 41.5 Å². The summed E-state index contributed by atoms with van der Waals surface area (Å²) in [7, 11) is 1.27. The number of benzene rings is 1. The molecule has 0 aliphatic rings. The van der Waals surface area contributed by atoms with Gasteiger partial charge >= 0.3 is 6.18 Å². The van der Waals surface area contributed by atoms with Crippen LogP contribution in [-0.4, -0.2) is 14.2 Å². The van der Waals surface area contributed by atoms with Crippen molar-refractivity contribution in [1.82, 2.24) is 0 Å². The first-order chi connectivity index (χ1) is 7.68. The van der Waals surface area contributed by atoms with E-state index in [1.54, 1.807) is 0 Å². The van der Waals surface area contributed by atoms with Crippen molar-refractivity contribution >= 4 is 25.8 Å². The Balaban J connectivity index is 2.87. The van der Waals surface area contributed by atoms with Gasteiger partial charge in [0.15, 0.2) is 0 Å². The second-order valence-corrected chi connectivity index (χ2v) is 6.05. The normalized spacial score (nSPS) is 13.2. The molecule has 0 atom stereocenters. The second-order valence-electron chi connectivity index (χ2n) is 3.23. The molecule has 0 spiro atoms. The van der Waals surface area contributed by atoms with Crippen molar-refractivity contribution in [1.29, 1.82) is 0 Å². The largest absolute Gasteiger partial charge is 0.416 e. The maximum absolute atomic E-state index is 12.3. The van der Waals surface area contributed by atoms with Crippen LogP contribution in [0.5, 0.6) is 0 Å². The zero-order valence-corrected chi connectivity index (χ0v) is 9.98. The highest BCUT2D eigenvalue weighted by atomic mass is 35.7. The number of rotatable bonds is 3. The fourth-order valence-electron chi connectivity index (χ4n) is 1.12. The first-order valence-electron chi connectivity index (χ1n) is 4.44. The minimum Gasteiger partial charge on any atom is -0.212 e. The lowest BCUT2D eigenvalue weighted by Crippen LogP contribution is -2.04. The first kappa shape index (κ1) is 14.1. The summed E-state index contributed by atoms with van der Waals surface area (Å²) in [4.78, 5) is 0. The van der Waals surface area contributed by atoms with Crippen LogP contribution in [0.3, 0.4) is 0 Å². The summed E-state index contributed by atoms with van der Waals surface area (Å²) >= 11 is 0. The van der Waals surface area contributed by atoms with Crippen molar-refractivity contribution in [2.75, 3.05) is 5.75 Å². The third-order valence-electron chi connectivity index (χ3n) is 1.82. The van der Waals surface area contributed by atoms with E-state index in [0.717, 1.165) is 12.1 Å². The van der Waals surface area contributed by atoms with E-state index >= 15 is 0 Å². The molecule has 0 radical (unpaired) electrons. The van der Waals surface area contributed by atoms with Crippen LogP contribution in [0, 0.1) is 0 Å². The Labute approximate surface area is 101 Å². The molecule has 0 saturated heterocycles. The van der Waals surface area contributed by atoms with Gasteiger partial charge in [-0.1, -0.05) is 24.3 Å². The molecule has 0 unspecified atom stereocenters. The van der Waals surface area contributed by atoms with E-state index in [1.807, 2.05) is 0 Å². The van der Waals surface area contributed by atoms with Gasteiger partial charge in [-0.15, -0.1) is 0 Å². The molecule has 0 bridgehead atoms. The summed E-state index contributed by atoms with van der Waals surface area (Å²) in [6.45, 7) is 0. The van der Waals surface area contributed by atoms with Crippen LogP contribution in [0.2, 0.25) is 0 Å². The molecule has 0 fully saturated rings. The molecular formula is C10H8ClF3O2S. The summed E-state index contributed by atoms with van der Waals surface area (Å²) in [5.74, 6) is -0.426. The maximum Gasteiger partial charge on any atom is 0.416 e. The summed E-state index contributed by atoms with van der Waals surface area (Å²) in [6, 6.07) is 4.55. The van der Waals surface area contributed by atoms with Crippen LogP contribution in [-0.2, 0) is 15.2 Å². The highest BCUT2D eigenvalue weighted by molar-refractivity contribution is 8.13. The van der Waals surface area contributed by atoms with E-state index in [9.17, 15) is 21.6 Å². The Morgan fingerprint density at radius 1 is 1.29 bits per heavy atom. The Kier molecular flexibility index (Phi) is 4.21. The first-order valence-corrected chi connectivity index (χ1v) is 6.92. The van der Waals surface area contributed by atoms with Gasteiger partial charge in [-0.05, 0) is 17.7 Å². The third-order valence-corrected chi connectivity index (χ3v) is 2.79. The Bertz CT molecular complexity index is 521. The average molecular weight is 285 g/mol. The van der Waals surface area contributed by atoms with Crippen LogP contribution in [0.25, 0.3) is 6.08 Å². The lowest BCUT2D eigenvalue weighted by atomic mass is 10.1. The van der Waals surface area contributed by atoms with Crippen molar-refractivity contribution in [2.45, 2.75) is 6.18 Å². The maximum atomic E-state index is 12.3. The van der Waals surface area contributed by atoms with Gasteiger partial charge < -0.3 is 0 Å². The highest BCUT2D eigenvalue weighted by Crippen LogP contribution is 2.29. The van der Waals surface area contributed by atoms with E-state index in [2.05, 4.69) is 0 Å². The SMILES string of the molecule is O=S(=O)(Cl)C/C=C\c1cccc(C(F)(F)F)c1. The predicted molar refractivity (Wildman–Crippen MR) is 60.1 cm³/mol. The average Bonchev–Trinajstić information content (AvgIpc) is 2.15. The standard InChI is InChI=1S/C10H8ClF3O2S/c11-17(15,16)6-2-4-8-3-1-5-9(7-8)10(12,13)14/h1-5,7H,6H2/b4-2-. The molecule has 17 heavy (non-hydrogen) atoms. The minimum atomic E-state index is -4.41. The van der Waals surface area contributed by atoms with Crippen LogP contribution < -0.4 is 0 Å². The Morgan fingerprint density at radius 2 is 1.94 bits per heavy atom. The Hall–Kier alpha value is -1.01. The number of halogens is 4. The quantitative estimate of drug-likeness (QED) is 0.798. The van der Waals surface area contributed by atoms with Crippen LogP contribution in [0.4, 0.5) is 13.2 Å². The topological polar surface area (TPSA) is 34.1 Å². The molecule has 2 nitrogen and oxygen atoms in total. The van der Waals surface area contributed by atoms with Gasteiger partial charge in [0, 0.05) is 10.7 Å². The van der Waals surface area contributed by atoms with Crippen molar-refractivity contribution in [3.63, 3.8) is 0 Å². The van der Waals surface area contributed by atoms with Gasteiger partial charge in [0.2, 0.25) is 9.05 Å². The molecule has 0 aliphatic heterocycles. The minimum absolute atomic E-state index is 0.264. The van der Waals surface area contributed by atoms with E-state index in [4.69, 9.17) is 10.7 Å². The Morgan fingerprint density at radius 3 is 2.47 bits per heavy atom. The summed E-state index contributed by atoms with van der Waals surface area (Å²) in [6.07, 6.45) is -1.95. The molecule has 1 rings (SSSR count).